The Morgan fingerprint density at radius 3 is 2.94 bits per heavy atom. The van der Waals surface area contributed by atoms with Crippen LogP contribution in [0, 0.1) is 6.92 Å². The molecule has 0 aliphatic rings. The maximum Gasteiger partial charge on any atom is 0.252 e. The SMILES string of the molecule is Cc1cncc(C(=O)NCCCC(C)Cl)c1. The van der Waals surface area contributed by atoms with Crippen molar-refractivity contribution in [3.8, 4) is 0 Å². The second-order valence-corrected chi connectivity index (χ2v) is 4.67. The van der Waals surface area contributed by atoms with Gasteiger partial charge in [-0.25, -0.2) is 0 Å². The number of nitrogens with one attached hydrogen (secondary N) is 1. The molecule has 0 aliphatic carbocycles. The number of pyridine rings is 1. The fourth-order valence-corrected chi connectivity index (χ4v) is 1.52. The molecular weight excluding hydrogens is 224 g/mol. The average molecular weight is 241 g/mol. The fourth-order valence-electron chi connectivity index (χ4n) is 1.37. The Hall–Kier alpha value is -1.09. The molecule has 0 saturated heterocycles. The number of hydrogen-bond donors (Lipinski definition) is 1. The van der Waals surface area contributed by atoms with Crippen LogP contribution < -0.4 is 5.32 Å². The molecule has 1 aromatic heterocycles. The molecule has 0 aliphatic heterocycles. The van der Waals surface area contributed by atoms with E-state index in [2.05, 4.69) is 10.3 Å². The molecule has 1 unspecified atom stereocenters. The predicted octanol–water partition coefficient (Wildman–Crippen LogP) is 2.53. The molecule has 0 spiro atoms. The third-order valence-corrected chi connectivity index (χ3v) is 2.42. The van der Waals surface area contributed by atoms with Crippen LogP contribution in [0.2, 0.25) is 0 Å². The molecular formula is C12H17ClN2O. The molecule has 0 fully saturated rings. The standard InChI is InChI=1S/C12H17ClN2O/c1-9-6-11(8-14-7-9)12(16)15-5-3-4-10(2)13/h6-8,10H,3-5H2,1-2H3,(H,15,16). The highest BCUT2D eigenvalue weighted by Crippen LogP contribution is 2.03. The first kappa shape index (κ1) is 13.0. The van der Waals surface area contributed by atoms with Gasteiger partial charge in [0.05, 0.1) is 5.56 Å². The first-order valence-electron chi connectivity index (χ1n) is 5.43. The number of alkyl halides is 1. The summed E-state index contributed by atoms with van der Waals surface area (Å²) in [6, 6.07) is 1.83. The number of nitrogens with zero attached hydrogens (tertiary/aromatic N) is 1. The summed E-state index contributed by atoms with van der Waals surface area (Å²) in [5, 5.41) is 3.01. The maximum absolute atomic E-state index is 11.7. The molecule has 0 saturated carbocycles. The van der Waals surface area contributed by atoms with E-state index in [0.717, 1.165) is 18.4 Å². The van der Waals surface area contributed by atoms with E-state index in [0.29, 0.717) is 12.1 Å². The minimum atomic E-state index is -0.0709. The number of amides is 1. The lowest BCUT2D eigenvalue weighted by Gasteiger charge is -2.06. The number of carbonyl (C=O) groups is 1. The van der Waals surface area contributed by atoms with Crippen molar-refractivity contribution in [3.63, 3.8) is 0 Å². The van der Waals surface area contributed by atoms with Crippen molar-refractivity contribution in [1.82, 2.24) is 10.3 Å². The van der Waals surface area contributed by atoms with Crippen LogP contribution in [0.5, 0.6) is 0 Å². The largest absolute Gasteiger partial charge is 0.352 e. The van der Waals surface area contributed by atoms with Gasteiger partial charge in [-0.2, -0.15) is 0 Å². The average Bonchev–Trinajstić information content (AvgIpc) is 2.24. The van der Waals surface area contributed by atoms with Crippen molar-refractivity contribution in [3.05, 3.63) is 29.6 Å². The molecule has 88 valence electrons. The van der Waals surface area contributed by atoms with Gasteiger partial charge in [-0.05, 0) is 38.3 Å². The fraction of sp³-hybridized carbons (Fsp3) is 0.500. The molecule has 1 heterocycles. The highest BCUT2D eigenvalue weighted by atomic mass is 35.5. The third kappa shape index (κ3) is 4.62. The van der Waals surface area contributed by atoms with Gasteiger partial charge in [-0.3, -0.25) is 9.78 Å². The third-order valence-electron chi connectivity index (χ3n) is 2.20. The lowest BCUT2D eigenvalue weighted by atomic mass is 10.2. The molecule has 1 atom stereocenters. The Balaban J connectivity index is 2.35. The first-order chi connectivity index (χ1) is 7.59. The van der Waals surface area contributed by atoms with E-state index in [4.69, 9.17) is 11.6 Å². The second-order valence-electron chi connectivity index (χ2n) is 3.93. The van der Waals surface area contributed by atoms with E-state index in [9.17, 15) is 4.79 Å². The van der Waals surface area contributed by atoms with Crippen LogP contribution in [-0.2, 0) is 0 Å². The van der Waals surface area contributed by atoms with Gasteiger partial charge in [-0.1, -0.05) is 0 Å². The Labute approximate surface area is 101 Å². The van der Waals surface area contributed by atoms with E-state index in [1.54, 1.807) is 12.4 Å². The number of hydrogen-bond acceptors (Lipinski definition) is 2. The van der Waals surface area contributed by atoms with Gasteiger partial charge in [0.1, 0.15) is 0 Å². The minimum Gasteiger partial charge on any atom is -0.352 e. The van der Waals surface area contributed by atoms with Crippen molar-refractivity contribution < 1.29 is 4.79 Å². The summed E-state index contributed by atoms with van der Waals surface area (Å²) >= 11 is 5.81. The van der Waals surface area contributed by atoms with Crippen molar-refractivity contribution in [2.75, 3.05) is 6.54 Å². The van der Waals surface area contributed by atoms with Crippen LogP contribution in [0.1, 0.15) is 35.7 Å². The van der Waals surface area contributed by atoms with Crippen molar-refractivity contribution >= 4 is 17.5 Å². The number of carbonyl (C=O) groups excluding carboxylic acids is 1. The van der Waals surface area contributed by atoms with Gasteiger partial charge in [-0.15, -0.1) is 11.6 Å². The molecule has 1 amide bonds. The van der Waals surface area contributed by atoms with Gasteiger partial charge in [0, 0.05) is 24.3 Å². The zero-order valence-electron chi connectivity index (χ0n) is 9.66. The summed E-state index contributed by atoms with van der Waals surface area (Å²) in [4.78, 5) is 15.6. The van der Waals surface area contributed by atoms with E-state index >= 15 is 0 Å². The van der Waals surface area contributed by atoms with Gasteiger partial charge in [0.25, 0.3) is 5.91 Å². The molecule has 16 heavy (non-hydrogen) atoms. The Morgan fingerprint density at radius 2 is 2.31 bits per heavy atom. The smallest absolute Gasteiger partial charge is 0.252 e. The van der Waals surface area contributed by atoms with Crippen LogP contribution in [0.4, 0.5) is 0 Å². The molecule has 1 aromatic rings. The zero-order valence-corrected chi connectivity index (χ0v) is 10.4. The highest BCUT2D eigenvalue weighted by molar-refractivity contribution is 6.20. The summed E-state index contributed by atoms with van der Waals surface area (Å²) in [5.74, 6) is -0.0709. The maximum atomic E-state index is 11.7. The van der Waals surface area contributed by atoms with Crippen LogP contribution in [0.25, 0.3) is 0 Å². The van der Waals surface area contributed by atoms with E-state index < -0.39 is 0 Å². The van der Waals surface area contributed by atoms with Crippen LogP contribution in [0.15, 0.2) is 18.5 Å². The second kappa shape index (κ2) is 6.48. The van der Waals surface area contributed by atoms with Gasteiger partial charge in [0.15, 0.2) is 0 Å². The van der Waals surface area contributed by atoms with Crippen molar-refractivity contribution in [2.45, 2.75) is 32.1 Å². The minimum absolute atomic E-state index is 0.0709. The number of rotatable bonds is 5. The molecule has 1 N–H and O–H groups in total. The van der Waals surface area contributed by atoms with Crippen LogP contribution >= 0.6 is 11.6 Å². The Morgan fingerprint density at radius 1 is 1.56 bits per heavy atom. The summed E-state index contributed by atoms with van der Waals surface area (Å²) < 4.78 is 0. The normalized spacial score (nSPS) is 12.2. The molecule has 0 bridgehead atoms. The monoisotopic (exact) mass is 240 g/mol. The lowest BCUT2D eigenvalue weighted by molar-refractivity contribution is 0.0952. The Bertz CT molecular complexity index is 353. The quantitative estimate of drug-likeness (QED) is 0.635. The van der Waals surface area contributed by atoms with E-state index in [1.165, 1.54) is 0 Å². The van der Waals surface area contributed by atoms with Gasteiger partial charge in [0.2, 0.25) is 0 Å². The lowest BCUT2D eigenvalue weighted by Crippen LogP contribution is -2.25. The molecule has 0 aromatic carbocycles. The highest BCUT2D eigenvalue weighted by Gasteiger charge is 2.05. The number of halogens is 1. The van der Waals surface area contributed by atoms with Crippen LogP contribution in [-0.4, -0.2) is 22.8 Å². The van der Waals surface area contributed by atoms with E-state index in [1.807, 2.05) is 19.9 Å². The predicted molar refractivity (Wildman–Crippen MR) is 65.9 cm³/mol. The van der Waals surface area contributed by atoms with Crippen molar-refractivity contribution in [1.29, 1.82) is 0 Å². The molecule has 4 heteroatoms. The first-order valence-corrected chi connectivity index (χ1v) is 5.87. The van der Waals surface area contributed by atoms with Crippen molar-refractivity contribution in [2.24, 2.45) is 0 Å². The summed E-state index contributed by atoms with van der Waals surface area (Å²) in [7, 11) is 0. The number of aryl methyl sites for hydroxylation is 1. The van der Waals surface area contributed by atoms with Gasteiger partial charge >= 0.3 is 0 Å². The topological polar surface area (TPSA) is 42.0 Å². The van der Waals surface area contributed by atoms with Gasteiger partial charge < -0.3 is 5.32 Å². The zero-order chi connectivity index (χ0) is 12.0. The Kier molecular flexibility index (Phi) is 5.26. The molecule has 0 radical (unpaired) electrons. The van der Waals surface area contributed by atoms with Crippen LogP contribution in [0.3, 0.4) is 0 Å². The summed E-state index contributed by atoms with van der Waals surface area (Å²) in [5.41, 5.74) is 1.60. The molecule has 3 nitrogen and oxygen atoms in total. The summed E-state index contributed by atoms with van der Waals surface area (Å²) in [6.45, 7) is 4.52. The number of aromatic nitrogens is 1. The summed E-state index contributed by atoms with van der Waals surface area (Å²) in [6.07, 6.45) is 5.11. The molecule has 1 rings (SSSR count). The van der Waals surface area contributed by atoms with E-state index in [-0.39, 0.29) is 11.3 Å².